The van der Waals surface area contributed by atoms with Gasteiger partial charge in [-0.15, -0.1) is 0 Å². The summed E-state index contributed by atoms with van der Waals surface area (Å²) in [7, 11) is 2.30. The maximum atomic E-state index is 10.2. The minimum atomic E-state index is -0.0238. The lowest BCUT2D eigenvalue weighted by Gasteiger charge is -2.61. The van der Waals surface area contributed by atoms with Crippen molar-refractivity contribution in [2.45, 2.75) is 83.8 Å². The van der Waals surface area contributed by atoms with Crippen LogP contribution >= 0.6 is 0 Å². The van der Waals surface area contributed by atoms with Crippen molar-refractivity contribution in [2.75, 3.05) is 20.1 Å². The number of hydrogen-bond acceptors (Lipinski definition) is 3. The van der Waals surface area contributed by atoms with Gasteiger partial charge in [-0.2, -0.15) is 0 Å². The molecule has 3 N–H and O–H groups in total. The smallest absolute Gasteiger partial charge is 0.0543 e. The molecule has 0 aromatic carbocycles. The van der Waals surface area contributed by atoms with E-state index in [2.05, 4.69) is 25.8 Å². The number of rotatable bonds is 3. The molecule has 4 aliphatic carbocycles. The third-order valence-electron chi connectivity index (χ3n) is 9.60. The minimum Gasteiger partial charge on any atom is -0.393 e. The summed E-state index contributed by atoms with van der Waals surface area (Å²) >= 11 is 0. The van der Waals surface area contributed by atoms with E-state index < -0.39 is 0 Å². The Morgan fingerprint density at radius 2 is 1.68 bits per heavy atom. The van der Waals surface area contributed by atoms with Crippen molar-refractivity contribution in [1.82, 2.24) is 4.90 Å². The summed E-state index contributed by atoms with van der Waals surface area (Å²) < 4.78 is 0. The molecule has 0 aliphatic heterocycles. The van der Waals surface area contributed by atoms with Crippen LogP contribution in [0, 0.1) is 34.5 Å². The Morgan fingerprint density at radius 3 is 2.44 bits per heavy atom. The highest BCUT2D eigenvalue weighted by Gasteiger charge is 2.60. The fraction of sp³-hybridized carbons (Fsp3) is 1.00. The molecule has 144 valence electrons. The molecule has 4 saturated carbocycles. The van der Waals surface area contributed by atoms with Crippen LogP contribution in [0.4, 0.5) is 0 Å². The van der Waals surface area contributed by atoms with E-state index in [1.54, 1.807) is 0 Å². The second kappa shape index (κ2) is 6.49. The van der Waals surface area contributed by atoms with Crippen LogP contribution in [-0.2, 0) is 0 Å². The monoisotopic (exact) mass is 348 g/mol. The van der Waals surface area contributed by atoms with Gasteiger partial charge in [0, 0.05) is 19.1 Å². The summed E-state index contributed by atoms with van der Waals surface area (Å²) in [5.74, 6) is 3.54. The van der Waals surface area contributed by atoms with Crippen molar-refractivity contribution in [3.8, 4) is 0 Å². The zero-order valence-electron chi connectivity index (χ0n) is 16.7. The van der Waals surface area contributed by atoms with Crippen LogP contribution in [0.2, 0.25) is 0 Å². The van der Waals surface area contributed by atoms with Crippen LogP contribution in [0.1, 0.15) is 71.6 Å². The number of nitrogens with two attached hydrogens (primary N) is 1. The zero-order valence-corrected chi connectivity index (χ0v) is 16.7. The molecule has 4 rings (SSSR count). The summed E-state index contributed by atoms with van der Waals surface area (Å²) in [6.07, 6.45) is 11.8. The van der Waals surface area contributed by atoms with E-state index in [9.17, 15) is 5.11 Å². The standard InChI is InChI=1S/C22H40N2O/c1-21-10-8-16(25)14-15(21)4-5-17-18-6-7-20(24(3)13-12-23)22(18,2)11-9-19(17)21/h15-20,25H,4-14,23H2,1-3H3/t15-,16-,17+,18+,19+,20+,21-,22+/m0/s1. The average molecular weight is 349 g/mol. The predicted octanol–water partition coefficient (Wildman–Crippen LogP) is 3.65. The number of nitrogens with zero attached hydrogens (tertiary/aromatic N) is 1. The van der Waals surface area contributed by atoms with Gasteiger partial charge in [0.2, 0.25) is 0 Å². The first kappa shape index (κ1) is 18.3. The van der Waals surface area contributed by atoms with Crippen LogP contribution in [0.15, 0.2) is 0 Å². The van der Waals surface area contributed by atoms with Gasteiger partial charge in [-0.05, 0) is 99.3 Å². The molecule has 8 atom stereocenters. The molecular formula is C22H40N2O. The lowest BCUT2D eigenvalue weighted by atomic mass is 9.45. The number of aliphatic hydroxyl groups is 1. The Balaban J connectivity index is 1.56. The van der Waals surface area contributed by atoms with E-state index in [-0.39, 0.29) is 6.10 Å². The second-order valence-electron chi connectivity index (χ2n) is 10.5. The highest BCUT2D eigenvalue weighted by atomic mass is 16.3. The lowest BCUT2D eigenvalue weighted by Crippen LogP contribution is -2.56. The Labute approximate surface area is 154 Å². The maximum absolute atomic E-state index is 10.2. The quantitative estimate of drug-likeness (QED) is 0.818. The highest BCUT2D eigenvalue weighted by molar-refractivity contribution is 5.11. The molecule has 0 amide bonds. The van der Waals surface area contributed by atoms with Gasteiger partial charge in [-0.3, -0.25) is 0 Å². The molecular weight excluding hydrogens is 308 g/mol. The molecule has 25 heavy (non-hydrogen) atoms. The Kier molecular flexibility index (Phi) is 4.74. The first-order valence-electron chi connectivity index (χ1n) is 11.0. The van der Waals surface area contributed by atoms with Crippen LogP contribution in [0.25, 0.3) is 0 Å². The second-order valence-corrected chi connectivity index (χ2v) is 10.5. The van der Waals surface area contributed by atoms with E-state index in [0.717, 1.165) is 55.6 Å². The predicted molar refractivity (Wildman–Crippen MR) is 103 cm³/mol. The number of likely N-dealkylation sites (N-methyl/N-ethyl adjacent to an activating group) is 1. The van der Waals surface area contributed by atoms with Crippen molar-refractivity contribution in [3.63, 3.8) is 0 Å². The summed E-state index contributed by atoms with van der Waals surface area (Å²) in [6.45, 7) is 7.02. The van der Waals surface area contributed by atoms with Crippen molar-refractivity contribution in [2.24, 2.45) is 40.2 Å². The molecule has 0 bridgehead atoms. The average Bonchev–Trinajstić information content (AvgIpc) is 2.93. The van der Waals surface area contributed by atoms with Gasteiger partial charge in [-0.25, -0.2) is 0 Å². The summed E-state index contributed by atoms with van der Waals surface area (Å²) in [5, 5.41) is 10.2. The van der Waals surface area contributed by atoms with E-state index in [1.165, 1.54) is 44.9 Å². The summed E-state index contributed by atoms with van der Waals surface area (Å²) in [5.41, 5.74) is 6.86. The first-order valence-corrected chi connectivity index (χ1v) is 11.0. The van der Waals surface area contributed by atoms with Crippen molar-refractivity contribution < 1.29 is 5.11 Å². The first-order chi connectivity index (χ1) is 11.9. The SMILES string of the molecule is CN(CCN)[C@@H]1CC[C@@H]2[C@H]3CC[C@H]4C[C@@H](O)CC[C@]4(C)[C@@H]3CC[C@]21C. The molecule has 4 aliphatic rings. The van der Waals surface area contributed by atoms with Gasteiger partial charge >= 0.3 is 0 Å². The highest BCUT2D eigenvalue weighted by Crippen LogP contribution is 2.66. The topological polar surface area (TPSA) is 49.5 Å². The van der Waals surface area contributed by atoms with Crippen LogP contribution in [0.3, 0.4) is 0 Å². The zero-order chi connectivity index (χ0) is 17.8. The molecule has 3 heteroatoms. The lowest BCUT2D eigenvalue weighted by molar-refractivity contribution is -0.128. The van der Waals surface area contributed by atoms with Crippen molar-refractivity contribution in [1.29, 1.82) is 0 Å². The van der Waals surface area contributed by atoms with Crippen LogP contribution in [-0.4, -0.2) is 42.3 Å². The third-order valence-corrected chi connectivity index (χ3v) is 9.60. The number of fused-ring (bicyclic) bond motifs is 5. The fourth-order valence-corrected chi connectivity index (χ4v) is 8.29. The summed E-state index contributed by atoms with van der Waals surface area (Å²) in [6, 6.07) is 0.737. The maximum Gasteiger partial charge on any atom is 0.0543 e. The van der Waals surface area contributed by atoms with E-state index in [0.29, 0.717) is 10.8 Å². The minimum absolute atomic E-state index is 0.0238. The molecule has 0 aromatic rings. The molecule has 0 radical (unpaired) electrons. The van der Waals surface area contributed by atoms with Crippen molar-refractivity contribution >= 4 is 0 Å². The Morgan fingerprint density at radius 1 is 0.960 bits per heavy atom. The molecule has 0 spiro atoms. The van der Waals surface area contributed by atoms with E-state index in [4.69, 9.17) is 5.73 Å². The van der Waals surface area contributed by atoms with E-state index >= 15 is 0 Å². The van der Waals surface area contributed by atoms with Gasteiger partial charge in [0.1, 0.15) is 0 Å². The van der Waals surface area contributed by atoms with Crippen LogP contribution < -0.4 is 5.73 Å². The van der Waals surface area contributed by atoms with Crippen molar-refractivity contribution in [3.05, 3.63) is 0 Å². The molecule has 0 unspecified atom stereocenters. The fourth-order valence-electron chi connectivity index (χ4n) is 8.29. The molecule has 0 aromatic heterocycles. The summed E-state index contributed by atoms with van der Waals surface area (Å²) in [4.78, 5) is 2.57. The van der Waals surface area contributed by atoms with Crippen LogP contribution in [0.5, 0.6) is 0 Å². The van der Waals surface area contributed by atoms with Gasteiger partial charge < -0.3 is 15.7 Å². The molecule has 3 nitrogen and oxygen atoms in total. The largest absolute Gasteiger partial charge is 0.393 e. The van der Waals surface area contributed by atoms with E-state index in [1.807, 2.05) is 0 Å². The van der Waals surface area contributed by atoms with Gasteiger partial charge in [-0.1, -0.05) is 13.8 Å². The molecule has 4 fully saturated rings. The van der Waals surface area contributed by atoms with Gasteiger partial charge in [0.05, 0.1) is 6.10 Å². The number of hydrogen-bond donors (Lipinski definition) is 2. The van der Waals surface area contributed by atoms with Gasteiger partial charge in [0.15, 0.2) is 0 Å². The number of aliphatic hydroxyl groups excluding tert-OH is 1. The molecule has 0 saturated heterocycles. The normalized spacial score (nSPS) is 52.6. The Bertz CT molecular complexity index is 496. The Hall–Kier alpha value is -0.120. The van der Waals surface area contributed by atoms with Gasteiger partial charge in [0.25, 0.3) is 0 Å². The molecule has 0 heterocycles. The third kappa shape index (κ3) is 2.72.